The van der Waals surface area contributed by atoms with Crippen LogP contribution in [0.3, 0.4) is 0 Å². The lowest BCUT2D eigenvalue weighted by Crippen LogP contribution is -2.31. The first kappa shape index (κ1) is 18.6. The van der Waals surface area contributed by atoms with Crippen LogP contribution in [0.2, 0.25) is 0 Å². The van der Waals surface area contributed by atoms with E-state index in [0.717, 1.165) is 23.2 Å². The van der Waals surface area contributed by atoms with E-state index in [1.54, 1.807) is 18.1 Å². The maximum absolute atomic E-state index is 13.2. The van der Waals surface area contributed by atoms with Gasteiger partial charge in [-0.1, -0.05) is 36.4 Å². The van der Waals surface area contributed by atoms with Crippen molar-refractivity contribution >= 4 is 16.1 Å². The molecule has 1 aliphatic carbocycles. The van der Waals surface area contributed by atoms with Gasteiger partial charge in [0.1, 0.15) is 12.7 Å². The molecule has 0 spiro atoms. The molecule has 0 fully saturated rings. The van der Waals surface area contributed by atoms with Gasteiger partial charge >= 0.3 is 0 Å². The summed E-state index contributed by atoms with van der Waals surface area (Å²) in [6.45, 7) is 1.90. The minimum atomic E-state index is -3.54. The molecule has 2 aromatic carbocycles. The van der Waals surface area contributed by atoms with E-state index in [0.29, 0.717) is 11.3 Å². The molecule has 1 aliphatic rings. The number of fused-ring (bicyclic) bond motifs is 1. The fraction of sp³-hybridized carbons (Fsp3) is 0.238. The maximum Gasteiger partial charge on any atom is 0.239 e. The van der Waals surface area contributed by atoms with Gasteiger partial charge < -0.3 is 0 Å². The molecule has 1 atom stereocenters. The van der Waals surface area contributed by atoms with Crippen molar-refractivity contribution in [3.8, 4) is 5.69 Å². The first-order valence-corrected chi connectivity index (χ1v) is 10.6. The Hall–Kier alpha value is -2.77. The molecule has 0 N–H and O–H groups in total. The van der Waals surface area contributed by atoms with Crippen LogP contribution < -0.4 is 0 Å². The standard InChI is InChI=1S/C21H22N4O2S/c1-16(17-7-10-20(11-8-17)25-15-22-14-23-25)24(2)28(26,27)21-12-9-18-5-3-4-6-19(18)13-21/h3-8,10-11,13-16H,9,12H2,1-2H3/t16-/m0/s1. The highest BCUT2D eigenvalue weighted by Crippen LogP contribution is 2.32. The van der Waals surface area contributed by atoms with Gasteiger partial charge in [-0.15, -0.1) is 0 Å². The molecule has 0 amide bonds. The average molecular weight is 395 g/mol. The number of aromatic nitrogens is 3. The summed E-state index contributed by atoms with van der Waals surface area (Å²) < 4.78 is 29.5. The lowest BCUT2D eigenvalue weighted by molar-refractivity contribution is 0.402. The van der Waals surface area contributed by atoms with Crippen LogP contribution in [-0.2, 0) is 16.4 Å². The summed E-state index contributed by atoms with van der Waals surface area (Å²) >= 11 is 0. The van der Waals surface area contributed by atoms with Crippen molar-refractivity contribution in [1.29, 1.82) is 0 Å². The normalized spacial score (nSPS) is 15.2. The van der Waals surface area contributed by atoms with Gasteiger partial charge in [0.25, 0.3) is 0 Å². The number of rotatable bonds is 5. The fourth-order valence-corrected chi connectivity index (χ4v) is 5.00. The third-order valence-corrected chi connectivity index (χ3v) is 7.39. The van der Waals surface area contributed by atoms with Gasteiger partial charge in [-0.2, -0.15) is 9.40 Å². The molecule has 4 rings (SSSR count). The summed E-state index contributed by atoms with van der Waals surface area (Å²) in [4.78, 5) is 4.41. The zero-order chi connectivity index (χ0) is 19.7. The van der Waals surface area contributed by atoms with Crippen LogP contribution in [0.25, 0.3) is 11.8 Å². The Labute approximate surface area is 165 Å². The number of hydrogen-bond donors (Lipinski definition) is 0. The lowest BCUT2D eigenvalue weighted by atomic mass is 9.98. The molecule has 6 nitrogen and oxygen atoms in total. The third kappa shape index (κ3) is 3.39. The molecule has 0 aliphatic heterocycles. The average Bonchev–Trinajstić information content (AvgIpc) is 3.27. The molecular formula is C21H22N4O2S. The van der Waals surface area contributed by atoms with Gasteiger partial charge in [-0.05, 0) is 54.7 Å². The van der Waals surface area contributed by atoms with E-state index in [1.807, 2.05) is 55.5 Å². The number of aryl methyl sites for hydroxylation is 1. The maximum atomic E-state index is 13.2. The molecular weight excluding hydrogens is 372 g/mol. The van der Waals surface area contributed by atoms with Crippen LogP contribution in [0.15, 0.2) is 66.1 Å². The van der Waals surface area contributed by atoms with Crippen molar-refractivity contribution in [2.75, 3.05) is 7.05 Å². The molecule has 0 saturated heterocycles. The van der Waals surface area contributed by atoms with Crippen molar-refractivity contribution in [3.05, 3.63) is 82.8 Å². The lowest BCUT2D eigenvalue weighted by Gasteiger charge is -2.27. The minimum Gasteiger partial charge on any atom is -0.223 e. The fourth-order valence-electron chi connectivity index (χ4n) is 3.46. The molecule has 7 heteroatoms. The van der Waals surface area contributed by atoms with E-state index in [4.69, 9.17) is 0 Å². The summed E-state index contributed by atoms with van der Waals surface area (Å²) in [5.41, 5.74) is 3.99. The molecule has 0 saturated carbocycles. The number of hydrogen-bond acceptors (Lipinski definition) is 4. The first-order chi connectivity index (χ1) is 13.5. The molecule has 1 heterocycles. The molecule has 3 aromatic rings. The highest BCUT2D eigenvalue weighted by atomic mass is 32.2. The molecule has 28 heavy (non-hydrogen) atoms. The smallest absolute Gasteiger partial charge is 0.223 e. The second-order valence-corrected chi connectivity index (χ2v) is 8.99. The van der Waals surface area contributed by atoms with Gasteiger partial charge in [0.15, 0.2) is 0 Å². The third-order valence-electron chi connectivity index (χ3n) is 5.33. The molecule has 144 valence electrons. The van der Waals surface area contributed by atoms with Crippen LogP contribution in [0.1, 0.15) is 36.1 Å². The minimum absolute atomic E-state index is 0.284. The largest absolute Gasteiger partial charge is 0.239 e. The van der Waals surface area contributed by atoms with Crippen LogP contribution in [0, 0.1) is 0 Å². The highest BCUT2D eigenvalue weighted by molar-refractivity contribution is 7.93. The SMILES string of the molecule is C[C@@H](c1ccc(-n2cncn2)cc1)N(C)S(=O)(=O)C1=Cc2ccccc2CC1. The predicted molar refractivity (Wildman–Crippen MR) is 109 cm³/mol. The quantitative estimate of drug-likeness (QED) is 0.663. The van der Waals surface area contributed by atoms with Gasteiger partial charge in [0.05, 0.1) is 10.6 Å². The molecule has 1 aromatic heterocycles. The number of allylic oxidation sites excluding steroid dienone is 1. The van der Waals surface area contributed by atoms with Gasteiger partial charge in [0.2, 0.25) is 10.0 Å². The summed E-state index contributed by atoms with van der Waals surface area (Å²) in [5.74, 6) is 0. The summed E-state index contributed by atoms with van der Waals surface area (Å²) in [5, 5.41) is 4.11. The monoisotopic (exact) mass is 394 g/mol. The van der Waals surface area contributed by atoms with Crippen molar-refractivity contribution in [3.63, 3.8) is 0 Å². The van der Waals surface area contributed by atoms with E-state index in [9.17, 15) is 8.42 Å². The van der Waals surface area contributed by atoms with Crippen molar-refractivity contribution in [2.45, 2.75) is 25.8 Å². The Balaban J connectivity index is 1.58. The van der Waals surface area contributed by atoms with E-state index in [2.05, 4.69) is 16.1 Å². The van der Waals surface area contributed by atoms with E-state index < -0.39 is 10.0 Å². The van der Waals surface area contributed by atoms with Crippen LogP contribution in [0.4, 0.5) is 0 Å². The predicted octanol–water partition coefficient (Wildman–Crippen LogP) is 3.58. The first-order valence-electron chi connectivity index (χ1n) is 9.18. The second-order valence-electron chi connectivity index (χ2n) is 6.94. The van der Waals surface area contributed by atoms with Gasteiger partial charge in [-0.25, -0.2) is 18.1 Å². The van der Waals surface area contributed by atoms with Crippen molar-refractivity contribution in [1.82, 2.24) is 19.1 Å². The Morgan fingerprint density at radius 1 is 1.07 bits per heavy atom. The summed E-state index contributed by atoms with van der Waals surface area (Å²) in [7, 11) is -1.89. The van der Waals surface area contributed by atoms with Gasteiger partial charge in [0, 0.05) is 13.1 Å². The molecule has 0 unspecified atom stereocenters. The molecule has 0 radical (unpaired) electrons. The summed E-state index contributed by atoms with van der Waals surface area (Å²) in [6, 6.07) is 15.4. The van der Waals surface area contributed by atoms with Gasteiger partial charge in [-0.3, -0.25) is 0 Å². The van der Waals surface area contributed by atoms with E-state index >= 15 is 0 Å². The Kier molecular flexibility index (Phi) is 4.87. The van der Waals surface area contributed by atoms with Crippen LogP contribution in [-0.4, -0.2) is 34.5 Å². The zero-order valence-electron chi connectivity index (χ0n) is 15.9. The second kappa shape index (κ2) is 7.33. The van der Waals surface area contributed by atoms with Crippen LogP contribution in [0.5, 0.6) is 0 Å². The zero-order valence-corrected chi connectivity index (χ0v) is 16.7. The Bertz CT molecular complexity index is 1100. The Morgan fingerprint density at radius 2 is 1.82 bits per heavy atom. The number of sulfonamides is 1. The highest BCUT2D eigenvalue weighted by Gasteiger charge is 2.29. The van der Waals surface area contributed by atoms with Crippen LogP contribution >= 0.6 is 0 Å². The topological polar surface area (TPSA) is 68.1 Å². The van der Waals surface area contributed by atoms with E-state index in [1.165, 1.54) is 16.2 Å². The molecule has 0 bridgehead atoms. The van der Waals surface area contributed by atoms with Crippen molar-refractivity contribution in [2.24, 2.45) is 0 Å². The van der Waals surface area contributed by atoms with E-state index in [-0.39, 0.29) is 6.04 Å². The Morgan fingerprint density at radius 3 is 2.54 bits per heavy atom. The summed E-state index contributed by atoms with van der Waals surface area (Å²) in [6.07, 6.45) is 6.19. The number of benzene rings is 2. The number of nitrogens with zero attached hydrogens (tertiary/aromatic N) is 4. The van der Waals surface area contributed by atoms with Crippen molar-refractivity contribution < 1.29 is 8.42 Å².